The molecule has 0 bridgehead atoms. The Hall–Kier alpha value is -3.95. The van der Waals surface area contributed by atoms with Gasteiger partial charge in [0.1, 0.15) is 22.9 Å². The number of nitrogens with one attached hydrogen (secondary N) is 1. The quantitative estimate of drug-likeness (QED) is 0.198. The molecule has 3 aromatic rings. The minimum Gasteiger partial charge on any atom is -0.484 e. The number of amides is 2. The van der Waals surface area contributed by atoms with Crippen molar-refractivity contribution < 1.29 is 23.9 Å². The molecule has 204 valence electrons. The van der Waals surface area contributed by atoms with Crippen LogP contribution in [0.2, 0.25) is 0 Å². The molecule has 1 N–H and O–H groups in total. The first kappa shape index (κ1) is 27.6. The predicted molar refractivity (Wildman–Crippen MR) is 157 cm³/mol. The topological polar surface area (TPSA) is 84.9 Å². The van der Waals surface area contributed by atoms with E-state index in [0.29, 0.717) is 17.3 Å². The number of fused-ring (bicyclic) bond motifs is 1. The van der Waals surface area contributed by atoms with Gasteiger partial charge in [-0.25, -0.2) is 4.79 Å². The number of nitrogens with zero attached hydrogens (tertiary/aromatic N) is 1. The van der Waals surface area contributed by atoms with Crippen LogP contribution in [0.4, 0.5) is 0 Å². The van der Waals surface area contributed by atoms with E-state index in [0.717, 1.165) is 16.0 Å². The minimum atomic E-state index is -0.760. The molecule has 40 heavy (non-hydrogen) atoms. The highest BCUT2D eigenvalue weighted by atomic mass is 32.2. The van der Waals surface area contributed by atoms with Gasteiger partial charge in [0.25, 0.3) is 11.8 Å². The molecule has 2 amide bonds. The number of hydrogen-bond donors (Lipinski definition) is 1. The lowest BCUT2D eigenvalue weighted by Gasteiger charge is -2.49. The van der Waals surface area contributed by atoms with Crippen LogP contribution in [-0.2, 0) is 19.1 Å². The Bertz CT molecular complexity index is 1360. The summed E-state index contributed by atoms with van der Waals surface area (Å²) in [7, 11) is 0. The predicted octanol–water partition coefficient (Wildman–Crippen LogP) is 4.93. The number of carbonyl (C=O) groups excluding carboxylic acids is 3. The minimum absolute atomic E-state index is 0.216. The van der Waals surface area contributed by atoms with Gasteiger partial charge in [0, 0.05) is 16.4 Å². The average molecular weight is 573 g/mol. The summed E-state index contributed by atoms with van der Waals surface area (Å²) in [4.78, 5) is 42.0. The van der Waals surface area contributed by atoms with Crippen molar-refractivity contribution >= 4 is 41.3 Å². The van der Waals surface area contributed by atoms with Crippen LogP contribution in [0.3, 0.4) is 0 Å². The SMILES string of the molecule is C=CCSC1=C(C(=O)OC(c2ccccc2)c2ccccc2)N2C(=O)[C@@H](NC(=O)COc3ccccc3)[C@@H]2SC1. The van der Waals surface area contributed by atoms with Crippen molar-refractivity contribution in [3.63, 3.8) is 0 Å². The number of esters is 1. The Morgan fingerprint density at radius 3 is 2.20 bits per heavy atom. The molecule has 2 aliphatic heterocycles. The van der Waals surface area contributed by atoms with E-state index in [2.05, 4.69) is 11.9 Å². The molecule has 1 fully saturated rings. The number of hydrogen-bond acceptors (Lipinski definition) is 7. The molecule has 1 saturated heterocycles. The van der Waals surface area contributed by atoms with E-state index in [-0.39, 0.29) is 18.2 Å². The molecule has 0 aliphatic carbocycles. The van der Waals surface area contributed by atoms with Gasteiger partial charge in [0.05, 0.1) is 0 Å². The maximum Gasteiger partial charge on any atom is 0.356 e. The van der Waals surface area contributed by atoms with Crippen molar-refractivity contribution in [1.82, 2.24) is 10.2 Å². The van der Waals surface area contributed by atoms with Crippen molar-refractivity contribution in [1.29, 1.82) is 0 Å². The van der Waals surface area contributed by atoms with Crippen molar-refractivity contribution in [3.8, 4) is 5.75 Å². The van der Waals surface area contributed by atoms with Gasteiger partial charge in [0.2, 0.25) is 0 Å². The summed E-state index contributed by atoms with van der Waals surface area (Å²) in [6.45, 7) is 3.57. The first-order valence-electron chi connectivity index (χ1n) is 12.8. The first-order valence-corrected chi connectivity index (χ1v) is 14.8. The summed E-state index contributed by atoms with van der Waals surface area (Å²) in [5.41, 5.74) is 1.87. The first-order chi connectivity index (χ1) is 19.6. The van der Waals surface area contributed by atoms with Crippen molar-refractivity contribution in [3.05, 3.63) is 125 Å². The van der Waals surface area contributed by atoms with Crippen molar-refractivity contribution in [2.45, 2.75) is 17.5 Å². The molecule has 0 spiro atoms. The lowest BCUT2D eigenvalue weighted by molar-refractivity contribution is -0.154. The van der Waals surface area contributed by atoms with Gasteiger partial charge in [-0.15, -0.1) is 30.1 Å². The molecule has 0 saturated carbocycles. The second-order valence-electron chi connectivity index (χ2n) is 9.03. The summed E-state index contributed by atoms with van der Waals surface area (Å²) in [6, 6.07) is 27.2. The normalized spacial score (nSPS) is 18.0. The summed E-state index contributed by atoms with van der Waals surface area (Å²) in [6.07, 6.45) is 1.10. The fraction of sp³-hybridized carbons (Fsp3) is 0.194. The monoisotopic (exact) mass is 572 g/mol. The average Bonchev–Trinajstić information content (AvgIpc) is 3.01. The van der Waals surface area contributed by atoms with Crippen LogP contribution >= 0.6 is 23.5 Å². The second kappa shape index (κ2) is 12.9. The molecule has 2 heterocycles. The third kappa shape index (κ3) is 6.11. The molecule has 9 heteroatoms. The second-order valence-corrected chi connectivity index (χ2v) is 11.3. The highest BCUT2D eigenvalue weighted by molar-refractivity contribution is 8.06. The largest absolute Gasteiger partial charge is 0.484 e. The number of β-lactam (4-membered cyclic amide) rings is 1. The van der Waals surface area contributed by atoms with Crippen LogP contribution in [0, 0.1) is 0 Å². The van der Waals surface area contributed by atoms with E-state index < -0.39 is 29.4 Å². The molecule has 0 aromatic heterocycles. The molecular weight excluding hydrogens is 544 g/mol. The van der Waals surface area contributed by atoms with Gasteiger partial charge in [-0.05, 0) is 23.3 Å². The summed E-state index contributed by atoms with van der Waals surface area (Å²) < 4.78 is 11.6. The fourth-order valence-electron chi connectivity index (χ4n) is 4.48. The number of benzene rings is 3. The number of thioether (sulfide) groups is 2. The molecule has 2 atom stereocenters. The van der Waals surface area contributed by atoms with Crippen molar-refractivity contribution in [2.75, 3.05) is 18.1 Å². The Morgan fingerprint density at radius 2 is 1.60 bits per heavy atom. The maximum absolute atomic E-state index is 13.8. The van der Waals surface area contributed by atoms with Crippen LogP contribution in [0.1, 0.15) is 17.2 Å². The highest BCUT2D eigenvalue weighted by Crippen LogP contribution is 2.44. The molecule has 2 aliphatic rings. The van der Waals surface area contributed by atoms with Gasteiger partial charge in [-0.1, -0.05) is 84.9 Å². The number of carbonyl (C=O) groups is 3. The zero-order valence-corrected chi connectivity index (χ0v) is 23.2. The molecule has 0 unspecified atom stereocenters. The summed E-state index contributed by atoms with van der Waals surface area (Å²) >= 11 is 2.96. The van der Waals surface area contributed by atoms with Gasteiger partial charge in [-0.3, -0.25) is 14.5 Å². The van der Waals surface area contributed by atoms with Crippen LogP contribution in [0.15, 0.2) is 114 Å². The summed E-state index contributed by atoms with van der Waals surface area (Å²) in [5, 5.41) is 2.35. The van der Waals surface area contributed by atoms with Crippen LogP contribution in [0.25, 0.3) is 0 Å². The van der Waals surface area contributed by atoms with Gasteiger partial charge >= 0.3 is 5.97 Å². The van der Waals surface area contributed by atoms with Gasteiger partial charge < -0.3 is 14.8 Å². The third-order valence-corrected chi connectivity index (χ3v) is 8.91. The lowest BCUT2D eigenvalue weighted by atomic mass is 10.0. The number of para-hydroxylation sites is 1. The number of ether oxygens (including phenoxy) is 2. The molecule has 0 radical (unpaired) electrons. The van der Waals surface area contributed by atoms with Gasteiger partial charge in [-0.2, -0.15) is 0 Å². The van der Waals surface area contributed by atoms with E-state index >= 15 is 0 Å². The van der Waals surface area contributed by atoms with Crippen LogP contribution in [-0.4, -0.2) is 52.2 Å². The van der Waals surface area contributed by atoms with E-state index in [1.165, 1.54) is 28.4 Å². The van der Waals surface area contributed by atoms with E-state index in [1.54, 1.807) is 18.2 Å². The lowest BCUT2D eigenvalue weighted by Crippen LogP contribution is -2.70. The highest BCUT2D eigenvalue weighted by Gasteiger charge is 2.54. The third-order valence-electron chi connectivity index (χ3n) is 6.36. The zero-order valence-electron chi connectivity index (χ0n) is 21.6. The van der Waals surface area contributed by atoms with E-state index in [4.69, 9.17) is 9.47 Å². The Morgan fingerprint density at radius 1 is 1.00 bits per heavy atom. The van der Waals surface area contributed by atoms with E-state index in [1.807, 2.05) is 78.9 Å². The fourth-order valence-corrected chi connectivity index (χ4v) is 6.85. The number of rotatable bonds is 11. The van der Waals surface area contributed by atoms with Crippen molar-refractivity contribution in [2.24, 2.45) is 0 Å². The Kier molecular flexibility index (Phi) is 8.93. The van der Waals surface area contributed by atoms with E-state index in [9.17, 15) is 14.4 Å². The van der Waals surface area contributed by atoms with Crippen LogP contribution < -0.4 is 10.1 Å². The molecular formula is C31H28N2O5S2. The zero-order chi connectivity index (χ0) is 27.9. The standard InChI is InChI=1S/C31H28N2O5S2/c1-2-18-39-24-20-40-30-26(32-25(34)19-37-23-16-10-5-11-17-23)29(35)33(30)27(24)31(36)38-28(21-12-6-3-7-13-21)22-14-8-4-9-15-22/h2-17,26,28,30H,1,18-20H2,(H,32,34)/t26-,30+/m1/s1. The molecule has 5 rings (SSSR count). The van der Waals surface area contributed by atoms with Crippen LogP contribution in [0.5, 0.6) is 5.75 Å². The summed E-state index contributed by atoms with van der Waals surface area (Å²) in [5.74, 6) is 0.304. The maximum atomic E-state index is 13.8. The smallest absolute Gasteiger partial charge is 0.356 e. The molecule has 7 nitrogen and oxygen atoms in total. The van der Waals surface area contributed by atoms with Gasteiger partial charge in [0.15, 0.2) is 12.7 Å². The Labute approximate surface area is 241 Å². The Balaban J connectivity index is 1.34. The molecule has 3 aromatic carbocycles.